The van der Waals surface area contributed by atoms with E-state index in [0.717, 1.165) is 17.5 Å². The minimum absolute atomic E-state index is 0.0890. The molecule has 2 unspecified atom stereocenters. The summed E-state index contributed by atoms with van der Waals surface area (Å²) in [7, 11) is 0. The Kier molecular flexibility index (Phi) is 5.44. The number of aromatic amines is 1. The van der Waals surface area contributed by atoms with Gasteiger partial charge in [0.15, 0.2) is 0 Å². The van der Waals surface area contributed by atoms with Gasteiger partial charge in [-0.05, 0) is 55.2 Å². The summed E-state index contributed by atoms with van der Waals surface area (Å²) in [5.41, 5.74) is 2.98. The molecule has 5 nitrogen and oxygen atoms in total. The topological polar surface area (TPSA) is 78.0 Å². The average molecular weight is 355 g/mol. The van der Waals surface area contributed by atoms with E-state index >= 15 is 0 Å². The van der Waals surface area contributed by atoms with Gasteiger partial charge in [0, 0.05) is 12.2 Å². The Balaban J connectivity index is 1.88. The average Bonchev–Trinajstić information content (AvgIpc) is 2.62. The number of aromatic nitrogens is 2. The highest BCUT2D eigenvalue weighted by molar-refractivity contribution is 5.75. The molecule has 3 aromatic rings. The predicted molar refractivity (Wildman–Crippen MR) is 99.4 cm³/mol. The van der Waals surface area contributed by atoms with E-state index in [9.17, 15) is 14.3 Å². The van der Waals surface area contributed by atoms with Gasteiger partial charge in [-0.15, -0.1) is 0 Å². The van der Waals surface area contributed by atoms with Crippen LogP contribution in [-0.4, -0.2) is 21.1 Å². The maximum atomic E-state index is 13.0. The molecule has 0 amide bonds. The van der Waals surface area contributed by atoms with Crippen LogP contribution < -0.4 is 10.9 Å². The smallest absolute Gasteiger partial charge is 0.255 e. The van der Waals surface area contributed by atoms with Gasteiger partial charge >= 0.3 is 0 Å². The molecule has 3 N–H and O–H groups in total. The normalized spacial score (nSPS) is 13.7. The van der Waals surface area contributed by atoms with E-state index < -0.39 is 6.23 Å². The number of nitrogens with zero attached hydrogens (tertiary/aromatic N) is 1. The predicted octanol–water partition coefficient (Wildman–Crippen LogP) is 3.03. The Morgan fingerprint density at radius 1 is 1.23 bits per heavy atom. The fourth-order valence-electron chi connectivity index (χ4n) is 2.76. The van der Waals surface area contributed by atoms with Crippen molar-refractivity contribution in [2.45, 2.75) is 39.0 Å². The summed E-state index contributed by atoms with van der Waals surface area (Å²) in [6, 6.07) is 9.84. The highest BCUT2D eigenvalue weighted by Gasteiger charge is 2.15. The van der Waals surface area contributed by atoms with Gasteiger partial charge in [-0.1, -0.05) is 19.1 Å². The van der Waals surface area contributed by atoms with Crippen LogP contribution in [-0.2, 0) is 6.42 Å². The number of aliphatic hydroxyl groups excluding tert-OH is 1. The lowest BCUT2D eigenvalue weighted by Gasteiger charge is -2.17. The number of halogens is 1. The van der Waals surface area contributed by atoms with Gasteiger partial charge in [0.1, 0.15) is 12.0 Å². The van der Waals surface area contributed by atoms with Gasteiger partial charge in [0.2, 0.25) is 0 Å². The molecule has 0 bridgehead atoms. The quantitative estimate of drug-likeness (QED) is 0.594. The molecule has 1 aromatic carbocycles. The molecule has 0 spiro atoms. The van der Waals surface area contributed by atoms with Crippen LogP contribution in [0.1, 0.15) is 43.2 Å². The van der Waals surface area contributed by atoms with Crippen LogP contribution in [0.3, 0.4) is 0 Å². The van der Waals surface area contributed by atoms with E-state index in [0.29, 0.717) is 17.5 Å². The van der Waals surface area contributed by atoms with Gasteiger partial charge in [0.05, 0.1) is 16.6 Å². The van der Waals surface area contributed by atoms with E-state index in [2.05, 4.69) is 15.3 Å². The second-order valence-electron chi connectivity index (χ2n) is 6.51. The van der Waals surface area contributed by atoms with E-state index in [1.54, 1.807) is 24.4 Å². The van der Waals surface area contributed by atoms with Crippen molar-refractivity contribution < 1.29 is 9.50 Å². The molecule has 2 heterocycles. The minimum Gasteiger partial charge on any atom is -0.374 e. The number of nitrogens with one attached hydrogen (secondary N) is 2. The van der Waals surface area contributed by atoms with Gasteiger partial charge in [-0.3, -0.25) is 15.1 Å². The Bertz CT molecular complexity index is 953. The number of pyridine rings is 2. The van der Waals surface area contributed by atoms with Crippen molar-refractivity contribution in [3.8, 4) is 0 Å². The number of H-pyrrole nitrogens is 1. The lowest BCUT2D eigenvalue weighted by Crippen LogP contribution is -2.33. The first-order valence-corrected chi connectivity index (χ1v) is 8.66. The van der Waals surface area contributed by atoms with Crippen molar-refractivity contribution in [3.63, 3.8) is 0 Å². The first kappa shape index (κ1) is 18.2. The maximum Gasteiger partial charge on any atom is 0.255 e. The Morgan fingerprint density at radius 2 is 1.96 bits per heavy atom. The van der Waals surface area contributed by atoms with Crippen LogP contribution in [0.5, 0.6) is 0 Å². The first-order chi connectivity index (χ1) is 12.5. The third-order valence-corrected chi connectivity index (χ3v) is 4.45. The van der Waals surface area contributed by atoms with Gasteiger partial charge in [0.25, 0.3) is 5.56 Å². The van der Waals surface area contributed by atoms with E-state index in [-0.39, 0.29) is 23.0 Å². The molecule has 0 aliphatic carbocycles. The molecule has 0 aliphatic heterocycles. The summed E-state index contributed by atoms with van der Waals surface area (Å²) in [5.74, 6) is -0.271. The fourth-order valence-corrected chi connectivity index (χ4v) is 2.76. The standard InChI is InChI=1S/C20H22FN3O2/c1-3-12(2)23-19(25)16-10-17-18(24-20(16)26)9-14(11-22-17)8-13-4-6-15(21)7-5-13/h4-7,9-12,19,23,25H,3,8H2,1-2H3,(H,24,26). The third-order valence-electron chi connectivity index (χ3n) is 4.45. The Morgan fingerprint density at radius 3 is 2.65 bits per heavy atom. The maximum absolute atomic E-state index is 13.0. The number of hydrogen-bond acceptors (Lipinski definition) is 4. The molecule has 2 aromatic heterocycles. The van der Waals surface area contributed by atoms with E-state index in [1.807, 2.05) is 19.9 Å². The highest BCUT2D eigenvalue weighted by Crippen LogP contribution is 2.16. The molecule has 0 saturated carbocycles. The molecule has 0 fully saturated rings. The fraction of sp³-hybridized carbons (Fsp3) is 0.300. The molecule has 0 radical (unpaired) electrons. The summed E-state index contributed by atoms with van der Waals surface area (Å²) in [6.45, 7) is 3.94. The van der Waals surface area contributed by atoms with Gasteiger partial charge < -0.3 is 10.1 Å². The molecular weight excluding hydrogens is 333 g/mol. The second kappa shape index (κ2) is 7.76. The SMILES string of the molecule is CCC(C)NC(O)c1cc2ncc(Cc3ccc(F)cc3)cc2[nH]c1=O. The number of fused-ring (bicyclic) bond motifs is 1. The zero-order chi connectivity index (χ0) is 18.7. The van der Waals surface area contributed by atoms with Crippen LogP contribution in [0.4, 0.5) is 4.39 Å². The van der Waals surface area contributed by atoms with Crippen molar-refractivity contribution in [1.29, 1.82) is 0 Å². The first-order valence-electron chi connectivity index (χ1n) is 8.66. The Hall–Kier alpha value is -2.57. The lowest BCUT2D eigenvalue weighted by atomic mass is 10.1. The molecular formula is C20H22FN3O2. The van der Waals surface area contributed by atoms with E-state index in [1.165, 1.54) is 12.1 Å². The molecule has 6 heteroatoms. The Labute approximate surface area is 150 Å². The van der Waals surface area contributed by atoms with Crippen LogP contribution in [0.2, 0.25) is 0 Å². The molecule has 26 heavy (non-hydrogen) atoms. The van der Waals surface area contributed by atoms with Crippen molar-refractivity contribution in [2.24, 2.45) is 0 Å². The monoisotopic (exact) mass is 355 g/mol. The molecule has 3 rings (SSSR count). The van der Waals surface area contributed by atoms with Gasteiger partial charge in [-0.2, -0.15) is 0 Å². The summed E-state index contributed by atoms with van der Waals surface area (Å²) in [4.78, 5) is 19.5. The zero-order valence-electron chi connectivity index (χ0n) is 14.8. The van der Waals surface area contributed by atoms with Crippen LogP contribution >= 0.6 is 0 Å². The van der Waals surface area contributed by atoms with Crippen LogP contribution in [0, 0.1) is 5.82 Å². The number of aliphatic hydroxyl groups is 1. The van der Waals surface area contributed by atoms with Crippen molar-refractivity contribution >= 4 is 11.0 Å². The van der Waals surface area contributed by atoms with Crippen molar-refractivity contribution in [1.82, 2.24) is 15.3 Å². The summed E-state index contributed by atoms with van der Waals surface area (Å²) in [6.07, 6.45) is 2.11. The number of benzene rings is 1. The lowest BCUT2D eigenvalue weighted by molar-refractivity contribution is 0.124. The summed E-state index contributed by atoms with van der Waals surface area (Å²) in [5, 5.41) is 13.2. The summed E-state index contributed by atoms with van der Waals surface area (Å²) >= 11 is 0. The van der Waals surface area contributed by atoms with Crippen LogP contribution in [0.25, 0.3) is 11.0 Å². The minimum atomic E-state index is -1.04. The van der Waals surface area contributed by atoms with Crippen LogP contribution in [0.15, 0.2) is 47.4 Å². The van der Waals surface area contributed by atoms with Crippen molar-refractivity contribution in [2.75, 3.05) is 0 Å². The number of rotatable bonds is 6. The molecule has 0 saturated heterocycles. The highest BCUT2D eigenvalue weighted by atomic mass is 19.1. The van der Waals surface area contributed by atoms with E-state index in [4.69, 9.17) is 0 Å². The largest absolute Gasteiger partial charge is 0.374 e. The molecule has 0 aliphatic rings. The number of hydrogen-bond donors (Lipinski definition) is 3. The molecule has 136 valence electrons. The zero-order valence-corrected chi connectivity index (χ0v) is 14.8. The third kappa shape index (κ3) is 4.15. The summed E-state index contributed by atoms with van der Waals surface area (Å²) < 4.78 is 13.0. The second-order valence-corrected chi connectivity index (χ2v) is 6.51. The molecule has 2 atom stereocenters. The van der Waals surface area contributed by atoms with Gasteiger partial charge in [-0.25, -0.2) is 4.39 Å². The van der Waals surface area contributed by atoms with Crippen molar-refractivity contribution in [3.05, 3.63) is 75.5 Å².